The van der Waals surface area contributed by atoms with Gasteiger partial charge in [0.25, 0.3) is 0 Å². The fraction of sp³-hybridized carbons (Fsp3) is 0.312. The van der Waals surface area contributed by atoms with Gasteiger partial charge in [0.05, 0.1) is 0 Å². The Morgan fingerprint density at radius 3 is 2.60 bits per heavy atom. The molecule has 1 aliphatic rings. The minimum atomic E-state index is 0.231. The zero-order chi connectivity index (χ0) is 13.8. The van der Waals surface area contributed by atoms with Gasteiger partial charge in [-0.1, -0.05) is 30.3 Å². The molecule has 3 rings (SSSR count). The number of carbonyl (C=O) groups excluding carboxylic acids is 1. The van der Waals surface area contributed by atoms with E-state index in [0.717, 1.165) is 18.5 Å². The Hall–Kier alpha value is -2.23. The van der Waals surface area contributed by atoms with Crippen molar-refractivity contribution < 1.29 is 4.79 Å². The number of carbonyl (C=O) groups is 1. The van der Waals surface area contributed by atoms with Crippen LogP contribution < -0.4 is 0 Å². The molecule has 20 heavy (non-hydrogen) atoms. The Kier molecular flexibility index (Phi) is 3.72. The Morgan fingerprint density at radius 2 is 1.85 bits per heavy atom. The molecule has 2 heterocycles. The molecule has 0 radical (unpaired) electrons. The van der Waals surface area contributed by atoms with Crippen molar-refractivity contribution in [2.45, 2.75) is 19.4 Å². The molecule has 0 N–H and O–H groups in total. The maximum Gasteiger partial charge on any atom is 0.223 e. The number of hydrogen-bond acceptors (Lipinski definition) is 3. The highest BCUT2D eigenvalue weighted by Crippen LogP contribution is 2.23. The first-order valence-corrected chi connectivity index (χ1v) is 6.87. The van der Waals surface area contributed by atoms with Gasteiger partial charge in [0.15, 0.2) is 0 Å². The molecule has 1 atom stereocenters. The highest BCUT2D eigenvalue weighted by Gasteiger charge is 2.29. The summed E-state index contributed by atoms with van der Waals surface area (Å²) in [5, 5.41) is 0. The van der Waals surface area contributed by atoms with Gasteiger partial charge in [-0.2, -0.15) is 0 Å². The Labute approximate surface area is 118 Å². The van der Waals surface area contributed by atoms with Crippen molar-refractivity contribution in [2.75, 3.05) is 6.54 Å². The van der Waals surface area contributed by atoms with Crippen LogP contribution in [-0.4, -0.2) is 27.3 Å². The average molecular weight is 267 g/mol. The summed E-state index contributed by atoms with van der Waals surface area (Å²) in [5.74, 6) is 0.643. The summed E-state index contributed by atoms with van der Waals surface area (Å²) in [6, 6.07) is 10.4. The molecule has 1 fully saturated rings. The predicted molar refractivity (Wildman–Crippen MR) is 75.7 cm³/mol. The van der Waals surface area contributed by atoms with E-state index in [0.29, 0.717) is 18.9 Å². The predicted octanol–water partition coefficient (Wildman–Crippen LogP) is 2.07. The number of hydrogen-bond donors (Lipinski definition) is 0. The van der Waals surface area contributed by atoms with Gasteiger partial charge < -0.3 is 4.90 Å². The van der Waals surface area contributed by atoms with E-state index in [4.69, 9.17) is 0 Å². The van der Waals surface area contributed by atoms with Gasteiger partial charge in [0.1, 0.15) is 6.33 Å². The summed E-state index contributed by atoms with van der Waals surface area (Å²) in [6.07, 6.45) is 6.65. The van der Waals surface area contributed by atoms with E-state index in [9.17, 15) is 4.79 Å². The lowest BCUT2D eigenvalue weighted by atomic mass is 9.99. The van der Waals surface area contributed by atoms with Gasteiger partial charge in [-0.05, 0) is 17.9 Å². The van der Waals surface area contributed by atoms with Crippen LogP contribution in [0.15, 0.2) is 49.1 Å². The number of nitrogens with zero attached hydrogens (tertiary/aromatic N) is 3. The maximum atomic E-state index is 12.1. The van der Waals surface area contributed by atoms with Crippen LogP contribution in [0.1, 0.15) is 17.5 Å². The van der Waals surface area contributed by atoms with E-state index in [1.54, 1.807) is 12.4 Å². The first-order chi connectivity index (χ1) is 9.81. The van der Waals surface area contributed by atoms with Crippen LogP contribution in [0.5, 0.6) is 0 Å². The normalized spacial score (nSPS) is 18.5. The number of aromatic nitrogens is 2. The van der Waals surface area contributed by atoms with Crippen LogP contribution in [0.2, 0.25) is 0 Å². The summed E-state index contributed by atoms with van der Waals surface area (Å²) in [4.78, 5) is 22.0. The molecule has 0 unspecified atom stereocenters. The average Bonchev–Trinajstić information content (AvgIpc) is 2.81. The molecule has 0 bridgehead atoms. The molecule has 102 valence electrons. The Morgan fingerprint density at radius 1 is 1.10 bits per heavy atom. The third-order valence-electron chi connectivity index (χ3n) is 3.65. The second-order valence-electron chi connectivity index (χ2n) is 5.28. The van der Waals surface area contributed by atoms with Gasteiger partial charge >= 0.3 is 0 Å². The fourth-order valence-electron chi connectivity index (χ4n) is 2.72. The highest BCUT2D eigenvalue weighted by atomic mass is 16.2. The fourth-order valence-corrected chi connectivity index (χ4v) is 2.72. The third kappa shape index (κ3) is 3.02. The van der Waals surface area contributed by atoms with E-state index in [1.807, 2.05) is 23.1 Å². The van der Waals surface area contributed by atoms with E-state index in [2.05, 4.69) is 22.1 Å². The molecule has 4 nitrogen and oxygen atoms in total. The van der Waals surface area contributed by atoms with Crippen molar-refractivity contribution in [3.05, 3.63) is 60.2 Å². The minimum Gasteiger partial charge on any atom is -0.338 e. The minimum absolute atomic E-state index is 0.231. The SMILES string of the molecule is O=C1C[C@H](Cc2ccccc2)CN1Cc1cncnc1. The van der Waals surface area contributed by atoms with E-state index in [-0.39, 0.29) is 5.91 Å². The molecule has 1 aliphatic heterocycles. The molecule has 0 aliphatic carbocycles. The van der Waals surface area contributed by atoms with E-state index >= 15 is 0 Å². The summed E-state index contributed by atoms with van der Waals surface area (Å²) in [7, 11) is 0. The summed E-state index contributed by atoms with van der Waals surface area (Å²) >= 11 is 0. The van der Waals surface area contributed by atoms with Crippen LogP contribution in [0.25, 0.3) is 0 Å². The Balaban J connectivity index is 1.61. The van der Waals surface area contributed by atoms with Gasteiger partial charge in [0, 0.05) is 37.5 Å². The molecular formula is C16H17N3O. The first kappa shape index (κ1) is 12.8. The molecule has 1 aromatic carbocycles. The zero-order valence-electron chi connectivity index (χ0n) is 11.3. The maximum absolute atomic E-state index is 12.1. The van der Waals surface area contributed by atoms with Gasteiger partial charge in [-0.3, -0.25) is 4.79 Å². The quantitative estimate of drug-likeness (QED) is 0.852. The van der Waals surface area contributed by atoms with Crippen molar-refractivity contribution >= 4 is 5.91 Å². The van der Waals surface area contributed by atoms with Crippen molar-refractivity contribution in [1.82, 2.24) is 14.9 Å². The van der Waals surface area contributed by atoms with Crippen LogP contribution in [0.3, 0.4) is 0 Å². The molecule has 2 aromatic rings. The van der Waals surface area contributed by atoms with Gasteiger partial charge in [-0.15, -0.1) is 0 Å². The van der Waals surface area contributed by atoms with Gasteiger partial charge in [0.2, 0.25) is 5.91 Å². The summed E-state index contributed by atoms with van der Waals surface area (Å²) in [6.45, 7) is 1.44. The number of amides is 1. The molecule has 1 amide bonds. The first-order valence-electron chi connectivity index (χ1n) is 6.87. The summed E-state index contributed by atoms with van der Waals surface area (Å²) in [5.41, 5.74) is 2.29. The lowest BCUT2D eigenvalue weighted by Crippen LogP contribution is -2.24. The smallest absolute Gasteiger partial charge is 0.223 e. The van der Waals surface area contributed by atoms with Crippen LogP contribution in [-0.2, 0) is 17.8 Å². The number of rotatable bonds is 4. The standard InChI is InChI=1S/C16H17N3O/c20-16-7-14(6-13-4-2-1-3-5-13)10-19(16)11-15-8-17-12-18-9-15/h1-5,8-9,12,14H,6-7,10-11H2/t14-/m0/s1. The highest BCUT2D eigenvalue weighted by molar-refractivity contribution is 5.78. The van der Waals surface area contributed by atoms with Crippen LogP contribution in [0, 0.1) is 5.92 Å². The monoisotopic (exact) mass is 267 g/mol. The third-order valence-corrected chi connectivity index (χ3v) is 3.65. The van der Waals surface area contributed by atoms with Crippen molar-refractivity contribution in [2.24, 2.45) is 5.92 Å². The lowest BCUT2D eigenvalue weighted by Gasteiger charge is -2.16. The zero-order valence-corrected chi connectivity index (χ0v) is 11.3. The second-order valence-corrected chi connectivity index (χ2v) is 5.28. The molecule has 0 spiro atoms. The van der Waals surface area contributed by atoms with E-state index in [1.165, 1.54) is 11.9 Å². The molecule has 1 saturated heterocycles. The Bertz CT molecular complexity index is 571. The molecule has 0 saturated carbocycles. The second kappa shape index (κ2) is 5.82. The molecule has 4 heteroatoms. The van der Waals surface area contributed by atoms with Crippen molar-refractivity contribution in [3.63, 3.8) is 0 Å². The van der Waals surface area contributed by atoms with E-state index < -0.39 is 0 Å². The number of benzene rings is 1. The van der Waals surface area contributed by atoms with Crippen molar-refractivity contribution in [3.8, 4) is 0 Å². The van der Waals surface area contributed by atoms with Crippen LogP contribution in [0.4, 0.5) is 0 Å². The van der Waals surface area contributed by atoms with Crippen LogP contribution >= 0.6 is 0 Å². The number of likely N-dealkylation sites (tertiary alicyclic amines) is 1. The van der Waals surface area contributed by atoms with Crippen molar-refractivity contribution in [1.29, 1.82) is 0 Å². The lowest BCUT2D eigenvalue weighted by molar-refractivity contribution is -0.128. The largest absolute Gasteiger partial charge is 0.338 e. The van der Waals surface area contributed by atoms with Gasteiger partial charge in [-0.25, -0.2) is 9.97 Å². The molecular weight excluding hydrogens is 250 g/mol. The topological polar surface area (TPSA) is 46.1 Å². The summed E-state index contributed by atoms with van der Waals surface area (Å²) < 4.78 is 0. The molecule has 1 aromatic heterocycles.